The molecule has 1 aliphatic heterocycles. The fourth-order valence-electron chi connectivity index (χ4n) is 3.70. The molecule has 0 unspecified atom stereocenters. The van der Waals surface area contributed by atoms with E-state index in [0.717, 1.165) is 50.8 Å². The Morgan fingerprint density at radius 3 is 2.60 bits per heavy atom. The number of hydrogen-bond acceptors (Lipinski definition) is 3. The molecule has 0 radical (unpaired) electrons. The van der Waals surface area contributed by atoms with Gasteiger partial charge in [-0.3, -0.25) is 9.59 Å². The maximum atomic E-state index is 13.4. The SMILES string of the molecule is O=C(/C=C/c1cccnc1F)NCCCCC1CCN(C(=O)c2ccccc2)CC1. The monoisotopic (exact) mass is 409 g/mol. The fraction of sp³-hybridized carbons (Fsp3) is 0.375. The third-order valence-corrected chi connectivity index (χ3v) is 5.46. The minimum Gasteiger partial charge on any atom is -0.353 e. The summed E-state index contributed by atoms with van der Waals surface area (Å²) in [5.41, 5.74) is 1.05. The minimum absolute atomic E-state index is 0.121. The normalized spacial score (nSPS) is 14.8. The molecule has 1 aromatic carbocycles. The highest BCUT2D eigenvalue weighted by molar-refractivity contribution is 5.94. The van der Waals surface area contributed by atoms with E-state index in [1.54, 1.807) is 12.1 Å². The molecule has 1 saturated heterocycles. The zero-order chi connectivity index (χ0) is 21.2. The Morgan fingerprint density at radius 1 is 1.10 bits per heavy atom. The standard InChI is InChI=1S/C24H28FN3O2/c25-23-20(10-6-16-27-23)11-12-22(29)26-15-5-4-7-19-13-17-28(18-14-19)24(30)21-8-2-1-3-9-21/h1-3,6,8-12,16,19H,4-5,7,13-15,17-18H2,(H,26,29)/b12-11+. The first-order valence-corrected chi connectivity index (χ1v) is 10.5. The molecule has 0 bridgehead atoms. The van der Waals surface area contributed by atoms with Gasteiger partial charge >= 0.3 is 0 Å². The third kappa shape index (κ3) is 6.51. The van der Waals surface area contributed by atoms with Crippen LogP contribution in [0.15, 0.2) is 54.7 Å². The lowest BCUT2D eigenvalue weighted by molar-refractivity contribution is -0.116. The molecule has 1 aromatic heterocycles. The molecule has 30 heavy (non-hydrogen) atoms. The summed E-state index contributed by atoms with van der Waals surface area (Å²) in [4.78, 5) is 29.8. The topological polar surface area (TPSA) is 62.3 Å². The van der Waals surface area contributed by atoms with E-state index in [1.807, 2.05) is 35.2 Å². The molecule has 0 atom stereocenters. The zero-order valence-electron chi connectivity index (χ0n) is 17.1. The molecule has 1 fully saturated rings. The van der Waals surface area contributed by atoms with E-state index in [4.69, 9.17) is 0 Å². The van der Waals surface area contributed by atoms with Crippen molar-refractivity contribution in [3.05, 3.63) is 71.8 Å². The summed E-state index contributed by atoms with van der Waals surface area (Å²) < 4.78 is 13.4. The predicted octanol–water partition coefficient (Wildman–Crippen LogP) is 4.07. The summed E-state index contributed by atoms with van der Waals surface area (Å²) in [7, 11) is 0. The van der Waals surface area contributed by atoms with Gasteiger partial charge in [-0.05, 0) is 55.5 Å². The van der Waals surface area contributed by atoms with Crippen LogP contribution >= 0.6 is 0 Å². The lowest BCUT2D eigenvalue weighted by Crippen LogP contribution is -2.38. The number of benzene rings is 1. The van der Waals surface area contributed by atoms with Gasteiger partial charge in [0.1, 0.15) is 0 Å². The molecular weight excluding hydrogens is 381 g/mol. The molecule has 2 heterocycles. The number of hydrogen-bond donors (Lipinski definition) is 1. The highest BCUT2D eigenvalue weighted by atomic mass is 19.1. The molecule has 1 N–H and O–H groups in total. The highest BCUT2D eigenvalue weighted by Gasteiger charge is 2.23. The number of nitrogens with zero attached hydrogens (tertiary/aromatic N) is 2. The number of pyridine rings is 1. The first-order chi connectivity index (χ1) is 14.6. The van der Waals surface area contributed by atoms with E-state index in [2.05, 4.69) is 10.3 Å². The van der Waals surface area contributed by atoms with Crippen LogP contribution in [0.3, 0.4) is 0 Å². The van der Waals surface area contributed by atoms with Crippen molar-refractivity contribution in [2.75, 3.05) is 19.6 Å². The quantitative estimate of drug-likeness (QED) is 0.406. The van der Waals surface area contributed by atoms with Crippen molar-refractivity contribution in [1.82, 2.24) is 15.2 Å². The second-order valence-corrected chi connectivity index (χ2v) is 7.61. The molecule has 2 amide bonds. The Morgan fingerprint density at radius 2 is 1.87 bits per heavy atom. The smallest absolute Gasteiger partial charge is 0.253 e. The maximum Gasteiger partial charge on any atom is 0.253 e. The first kappa shape index (κ1) is 21.7. The molecule has 158 valence electrons. The first-order valence-electron chi connectivity index (χ1n) is 10.5. The molecule has 0 saturated carbocycles. The Kier molecular flexibility index (Phi) is 8.12. The van der Waals surface area contributed by atoms with E-state index >= 15 is 0 Å². The van der Waals surface area contributed by atoms with Crippen molar-refractivity contribution in [2.24, 2.45) is 5.92 Å². The number of amides is 2. The number of aromatic nitrogens is 1. The lowest BCUT2D eigenvalue weighted by Gasteiger charge is -2.32. The Bertz CT molecular complexity index is 862. The number of carbonyl (C=O) groups is 2. The van der Waals surface area contributed by atoms with Gasteiger partial charge in [-0.1, -0.05) is 31.0 Å². The van der Waals surface area contributed by atoms with Gasteiger partial charge in [0.15, 0.2) is 0 Å². The van der Waals surface area contributed by atoms with Crippen molar-refractivity contribution in [3.63, 3.8) is 0 Å². The molecule has 3 rings (SSSR count). The van der Waals surface area contributed by atoms with Crippen molar-refractivity contribution in [2.45, 2.75) is 32.1 Å². The zero-order valence-corrected chi connectivity index (χ0v) is 17.1. The minimum atomic E-state index is -0.585. The number of piperidine rings is 1. The van der Waals surface area contributed by atoms with Crippen LogP contribution in [0.4, 0.5) is 4.39 Å². The Balaban J connectivity index is 1.28. The van der Waals surface area contributed by atoms with Crippen LogP contribution in [0, 0.1) is 11.9 Å². The molecule has 1 aliphatic rings. The largest absolute Gasteiger partial charge is 0.353 e. The number of carbonyl (C=O) groups excluding carboxylic acids is 2. The summed E-state index contributed by atoms with van der Waals surface area (Å²) in [5, 5.41) is 2.83. The number of nitrogens with one attached hydrogen (secondary N) is 1. The Labute approximate surface area is 177 Å². The van der Waals surface area contributed by atoms with Crippen molar-refractivity contribution in [3.8, 4) is 0 Å². The van der Waals surface area contributed by atoms with Crippen LogP contribution in [-0.2, 0) is 4.79 Å². The van der Waals surface area contributed by atoms with E-state index in [9.17, 15) is 14.0 Å². The second-order valence-electron chi connectivity index (χ2n) is 7.61. The van der Waals surface area contributed by atoms with E-state index < -0.39 is 5.95 Å². The molecule has 2 aromatic rings. The number of halogens is 1. The Hall–Kier alpha value is -3.02. The van der Waals surface area contributed by atoms with Crippen molar-refractivity contribution < 1.29 is 14.0 Å². The molecule has 0 aliphatic carbocycles. The van der Waals surface area contributed by atoms with Crippen molar-refractivity contribution in [1.29, 1.82) is 0 Å². The third-order valence-electron chi connectivity index (χ3n) is 5.46. The van der Waals surface area contributed by atoms with Gasteiger partial charge in [-0.25, -0.2) is 4.98 Å². The van der Waals surface area contributed by atoms with Crippen LogP contribution in [0.1, 0.15) is 48.0 Å². The average Bonchev–Trinajstić information content (AvgIpc) is 2.79. The van der Waals surface area contributed by atoms with E-state index in [-0.39, 0.29) is 11.8 Å². The van der Waals surface area contributed by atoms with Gasteiger partial charge in [0.2, 0.25) is 11.9 Å². The summed E-state index contributed by atoms with van der Waals surface area (Å²) in [6.07, 6.45) is 9.26. The summed E-state index contributed by atoms with van der Waals surface area (Å²) in [5.74, 6) is -0.0611. The predicted molar refractivity (Wildman–Crippen MR) is 115 cm³/mol. The number of unbranched alkanes of at least 4 members (excludes halogenated alkanes) is 1. The van der Waals surface area contributed by atoms with Crippen LogP contribution < -0.4 is 5.32 Å². The van der Waals surface area contributed by atoms with Crippen LogP contribution in [0.25, 0.3) is 6.08 Å². The van der Waals surface area contributed by atoms with Gasteiger partial charge in [0, 0.05) is 43.0 Å². The fourth-order valence-corrected chi connectivity index (χ4v) is 3.70. The number of rotatable bonds is 8. The molecule has 6 heteroatoms. The number of likely N-dealkylation sites (tertiary alicyclic amines) is 1. The van der Waals surface area contributed by atoms with Crippen LogP contribution in [0.2, 0.25) is 0 Å². The van der Waals surface area contributed by atoms with Crippen molar-refractivity contribution >= 4 is 17.9 Å². The molecule has 5 nitrogen and oxygen atoms in total. The van der Waals surface area contributed by atoms with E-state index in [0.29, 0.717) is 18.0 Å². The van der Waals surface area contributed by atoms with E-state index in [1.165, 1.54) is 18.3 Å². The van der Waals surface area contributed by atoms with Gasteiger partial charge < -0.3 is 10.2 Å². The molecule has 0 spiro atoms. The van der Waals surface area contributed by atoms with Gasteiger partial charge in [-0.15, -0.1) is 0 Å². The maximum absolute atomic E-state index is 13.4. The highest BCUT2D eigenvalue weighted by Crippen LogP contribution is 2.23. The summed E-state index contributed by atoms with van der Waals surface area (Å²) in [6.45, 7) is 2.22. The van der Waals surface area contributed by atoms with Gasteiger partial charge in [0.05, 0.1) is 0 Å². The molecular formula is C24H28FN3O2. The van der Waals surface area contributed by atoms with Crippen LogP contribution in [-0.4, -0.2) is 41.3 Å². The summed E-state index contributed by atoms with van der Waals surface area (Å²) >= 11 is 0. The van der Waals surface area contributed by atoms with Gasteiger partial charge in [0.25, 0.3) is 5.91 Å². The van der Waals surface area contributed by atoms with Gasteiger partial charge in [-0.2, -0.15) is 4.39 Å². The lowest BCUT2D eigenvalue weighted by atomic mass is 9.91. The summed E-state index contributed by atoms with van der Waals surface area (Å²) in [6, 6.07) is 12.6. The second kappa shape index (κ2) is 11.2. The average molecular weight is 410 g/mol. The van der Waals surface area contributed by atoms with Crippen LogP contribution in [0.5, 0.6) is 0 Å².